The summed E-state index contributed by atoms with van der Waals surface area (Å²) in [7, 11) is 0. The molecule has 0 aliphatic carbocycles. The van der Waals surface area contributed by atoms with Crippen LogP contribution in [0.1, 0.15) is 11.1 Å². The van der Waals surface area contributed by atoms with E-state index in [-0.39, 0.29) is 17.0 Å². The lowest BCUT2D eigenvalue weighted by atomic mass is 10.0. The minimum Gasteiger partial charge on any atom is -0.350 e. The summed E-state index contributed by atoms with van der Waals surface area (Å²) in [6.07, 6.45) is 0. The third kappa shape index (κ3) is 3.46. The Morgan fingerprint density at radius 1 is 0.900 bits per heavy atom. The van der Waals surface area contributed by atoms with E-state index in [0.29, 0.717) is 27.2 Å². The van der Waals surface area contributed by atoms with Crippen LogP contribution < -0.4 is 10.2 Å². The molecular formula is C23H15ClF2N2O2. The Morgan fingerprint density at radius 3 is 2.33 bits per heavy atom. The topological polar surface area (TPSA) is 49.4 Å². The summed E-state index contributed by atoms with van der Waals surface area (Å²) in [5.41, 5.74) is 1.57. The molecule has 1 aliphatic heterocycles. The molecule has 0 fully saturated rings. The van der Waals surface area contributed by atoms with Gasteiger partial charge in [0.05, 0.1) is 11.3 Å². The number of anilines is 2. The number of rotatable bonds is 4. The molecular weight excluding hydrogens is 410 g/mol. The Hall–Kier alpha value is -3.51. The van der Waals surface area contributed by atoms with Crippen molar-refractivity contribution in [1.82, 2.24) is 0 Å². The van der Waals surface area contributed by atoms with Gasteiger partial charge >= 0.3 is 0 Å². The van der Waals surface area contributed by atoms with Gasteiger partial charge in [0.2, 0.25) is 0 Å². The summed E-state index contributed by atoms with van der Waals surface area (Å²) in [4.78, 5) is 27.2. The zero-order valence-electron chi connectivity index (χ0n) is 15.7. The van der Waals surface area contributed by atoms with Gasteiger partial charge in [-0.15, -0.1) is 0 Å². The van der Waals surface area contributed by atoms with E-state index < -0.39 is 23.4 Å². The van der Waals surface area contributed by atoms with Crippen LogP contribution >= 0.6 is 11.6 Å². The van der Waals surface area contributed by atoms with Crippen LogP contribution in [0.15, 0.2) is 72.4 Å². The zero-order chi connectivity index (χ0) is 21.4. The molecule has 2 amide bonds. The molecule has 4 nitrogen and oxygen atoms in total. The summed E-state index contributed by atoms with van der Waals surface area (Å²) in [6, 6.07) is 16.4. The van der Waals surface area contributed by atoms with Gasteiger partial charge in [-0.2, -0.15) is 0 Å². The lowest BCUT2D eigenvalue weighted by Gasteiger charge is -2.16. The summed E-state index contributed by atoms with van der Waals surface area (Å²) in [5, 5.41) is 3.44. The molecule has 1 N–H and O–H groups in total. The van der Waals surface area contributed by atoms with Crippen molar-refractivity contribution >= 4 is 40.4 Å². The van der Waals surface area contributed by atoms with Gasteiger partial charge in [-0.1, -0.05) is 48.0 Å². The van der Waals surface area contributed by atoms with Gasteiger partial charge in [0.15, 0.2) is 0 Å². The fourth-order valence-electron chi connectivity index (χ4n) is 3.26. The Bertz CT molecular complexity index is 1210. The number of nitrogens with one attached hydrogen (secondary N) is 1. The highest BCUT2D eigenvalue weighted by molar-refractivity contribution is 6.46. The van der Waals surface area contributed by atoms with Crippen LogP contribution in [0.4, 0.5) is 20.2 Å². The molecule has 150 valence electrons. The molecule has 4 rings (SSSR count). The molecule has 1 heterocycles. The number of amides is 2. The minimum atomic E-state index is -1.01. The lowest BCUT2D eigenvalue weighted by molar-refractivity contribution is -0.120. The lowest BCUT2D eigenvalue weighted by Crippen LogP contribution is -2.33. The van der Waals surface area contributed by atoms with E-state index in [9.17, 15) is 18.4 Å². The molecule has 0 spiro atoms. The van der Waals surface area contributed by atoms with Gasteiger partial charge in [0.25, 0.3) is 11.8 Å². The molecule has 0 saturated carbocycles. The molecule has 3 aromatic rings. The molecule has 0 radical (unpaired) electrons. The number of carbonyl (C=O) groups excluding carboxylic acids is 2. The van der Waals surface area contributed by atoms with Crippen molar-refractivity contribution < 1.29 is 18.4 Å². The highest BCUT2D eigenvalue weighted by atomic mass is 35.5. The highest BCUT2D eigenvalue weighted by Gasteiger charge is 2.41. The monoisotopic (exact) mass is 424 g/mol. The van der Waals surface area contributed by atoms with Gasteiger partial charge in [-0.05, 0) is 42.3 Å². The second-order valence-corrected chi connectivity index (χ2v) is 7.18. The van der Waals surface area contributed by atoms with Gasteiger partial charge in [-0.25, -0.2) is 13.7 Å². The van der Waals surface area contributed by atoms with Crippen molar-refractivity contribution in [3.8, 4) is 0 Å². The first-order valence-electron chi connectivity index (χ1n) is 9.03. The zero-order valence-corrected chi connectivity index (χ0v) is 16.5. The maximum atomic E-state index is 14.4. The molecule has 0 saturated heterocycles. The second-order valence-electron chi connectivity index (χ2n) is 6.74. The first-order chi connectivity index (χ1) is 14.4. The first kappa shape index (κ1) is 19.8. The van der Waals surface area contributed by atoms with E-state index in [1.54, 1.807) is 48.5 Å². The van der Waals surface area contributed by atoms with Gasteiger partial charge in [0, 0.05) is 16.8 Å². The standard InChI is InChI=1S/C23H15ClF2N2O2/c1-13-7-8-15(24)11-18(13)27-21-20(14-5-3-2-4-6-14)22(29)28(23(21)30)19-10-9-16(25)12-17(19)26/h2-12,27H,1H3. The summed E-state index contributed by atoms with van der Waals surface area (Å²) < 4.78 is 27.8. The fraction of sp³-hybridized carbons (Fsp3) is 0.0435. The number of nitrogens with zero attached hydrogens (tertiary/aromatic N) is 1. The number of carbonyl (C=O) groups is 2. The third-order valence-corrected chi connectivity index (χ3v) is 4.99. The number of imide groups is 1. The molecule has 0 unspecified atom stereocenters. The minimum absolute atomic E-state index is 0.0136. The maximum Gasteiger partial charge on any atom is 0.282 e. The number of halogens is 3. The van der Waals surface area contributed by atoms with Crippen LogP contribution in [-0.2, 0) is 9.59 Å². The van der Waals surface area contributed by atoms with Crippen LogP contribution in [0, 0.1) is 18.6 Å². The third-order valence-electron chi connectivity index (χ3n) is 4.76. The molecule has 0 aromatic heterocycles. The van der Waals surface area contributed by atoms with Crippen molar-refractivity contribution in [1.29, 1.82) is 0 Å². The van der Waals surface area contributed by atoms with E-state index in [1.807, 2.05) is 6.92 Å². The summed E-state index contributed by atoms with van der Waals surface area (Å²) in [5.74, 6) is -3.27. The molecule has 7 heteroatoms. The van der Waals surface area contributed by atoms with Crippen molar-refractivity contribution in [2.24, 2.45) is 0 Å². The molecule has 1 aliphatic rings. The Morgan fingerprint density at radius 2 is 1.63 bits per heavy atom. The predicted molar refractivity (Wildman–Crippen MR) is 112 cm³/mol. The van der Waals surface area contributed by atoms with Crippen LogP contribution in [0.3, 0.4) is 0 Å². The SMILES string of the molecule is Cc1ccc(Cl)cc1NC1=C(c2ccccc2)C(=O)N(c2ccc(F)cc2F)C1=O. The van der Waals surface area contributed by atoms with E-state index in [2.05, 4.69) is 5.32 Å². The normalized spacial score (nSPS) is 13.9. The van der Waals surface area contributed by atoms with E-state index in [4.69, 9.17) is 11.6 Å². The Kier molecular flexibility index (Phi) is 5.10. The number of hydrogen-bond acceptors (Lipinski definition) is 3. The van der Waals surface area contributed by atoms with Gasteiger partial charge in [0.1, 0.15) is 17.3 Å². The summed E-state index contributed by atoms with van der Waals surface area (Å²) in [6.45, 7) is 1.82. The van der Waals surface area contributed by atoms with E-state index in [1.165, 1.54) is 0 Å². The number of benzene rings is 3. The van der Waals surface area contributed by atoms with E-state index in [0.717, 1.165) is 17.7 Å². The van der Waals surface area contributed by atoms with Crippen molar-refractivity contribution in [2.45, 2.75) is 6.92 Å². The average Bonchev–Trinajstić information content (AvgIpc) is 2.95. The van der Waals surface area contributed by atoms with Crippen molar-refractivity contribution in [3.05, 3.63) is 100 Å². The number of hydrogen-bond donors (Lipinski definition) is 1. The van der Waals surface area contributed by atoms with Gasteiger partial charge < -0.3 is 5.32 Å². The van der Waals surface area contributed by atoms with Gasteiger partial charge in [-0.3, -0.25) is 9.59 Å². The average molecular weight is 425 g/mol. The van der Waals surface area contributed by atoms with Crippen LogP contribution in [-0.4, -0.2) is 11.8 Å². The smallest absolute Gasteiger partial charge is 0.282 e. The molecule has 30 heavy (non-hydrogen) atoms. The highest BCUT2D eigenvalue weighted by Crippen LogP contribution is 2.35. The Balaban J connectivity index is 1.86. The van der Waals surface area contributed by atoms with Crippen molar-refractivity contribution in [3.63, 3.8) is 0 Å². The Labute approximate surface area is 176 Å². The molecule has 0 atom stereocenters. The quantitative estimate of drug-likeness (QED) is 0.576. The van der Waals surface area contributed by atoms with Crippen molar-refractivity contribution in [2.75, 3.05) is 10.2 Å². The van der Waals surface area contributed by atoms with Crippen LogP contribution in [0.5, 0.6) is 0 Å². The predicted octanol–water partition coefficient (Wildman–Crippen LogP) is 5.32. The second kappa shape index (κ2) is 7.72. The number of aryl methyl sites for hydroxylation is 1. The van der Waals surface area contributed by atoms with E-state index >= 15 is 0 Å². The summed E-state index contributed by atoms with van der Waals surface area (Å²) >= 11 is 6.08. The fourth-order valence-corrected chi connectivity index (χ4v) is 3.44. The maximum absolute atomic E-state index is 14.4. The largest absolute Gasteiger partial charge is 0.350 e. The van der Waals surface area contributed by atoms with Crippen LogP contribution in [0.25, 0.3) is 5.57 Å². The van der Waals surface area contributed by atoms with Crippen LogP contribution in [0.2, 0.25) is 5.02 Å². The molecule has 3 aromatic carbocycles. The first-order valence-corrected chi connectivity index (χ1v) is 9.41. The molecule has 0 bridgehead atoms.